The molecular weight excluding hydrogens is 572 g/mol. The fourth-order valence-corrected chi connectivity index (χ4v) is 8.21. The monoisotopic (exact) mass is 620 g/mol. The first kappa shape index (κ1) is 30.8. The molecule has 0 bridgehead atoms. The molecule has 1 aromatic carbocycles. The Labute approximate surface area is 274 Å². The van der Waals surface area contributed by atoms with Gasteiger partial charge in [-0.1, -0.05) is 12.1 Å². The molecule has 242 valence electrons. The number of piperazine rings is 1. The number of likely N-dealkylation sites (N-methyl/N-ethyl adjacent to an activating group) is 1. The van der Waals surface area contributed by atoms with Crippen molar-refractivity contribution >= 4 is 17.2 Å². The first-order chi connectivity index (χ1) is 22.4. The number of hydrogen-bond acceptors (Lipinski definition) is 9. The number of aryl methyl sites for hydroxylation is 3. The van der Waals surface area contributed by atoms with Crippen LogP contribution in [0.25, 0.3) is 11.1 Å². The standard InChI is InChI=1S/C37H48N8O/c1-25-13-16-39-26(2)33(25)34-31-23-44(32-11-5-8-27-9-6-19-43(4)35(27)32)20-14-30(31)36(45-21-17-40-28(22-45)12-15-38)41-37(34)46-24-29-10-7-18-42(29)3/h5,8,11,13,16,28-29,40H,6-7,9-10,12,14,17-24H2,1-4H3/t28-,29-/m0/s1. The zero-order valence-electron chi connectivity index (χ0n) is 28.0. The zero-order chi connectivity index (χ0) is 31.8. The van der Waals surface area contributed by atoms with Gasteiger partial charge >= 0.3 is 0 Å². The molecule has 9 nitrogen and oxygen atoms in total. The SMILES string of the molecule is Cc1ccnc(C)c1-c1c(OC[C@@H]2CCCN2C)nc(N2CCN[C@@H](CC#N)C2)c2c1CN(c1cccc3c1N(C)CCC3)CC2. The van der Waals surface area contributed by atoms with E-state index < -0.39 is 0 Å². The van der Waals surface area contributed by atoms with E-state index in [0.29, 0.717) is 19.1 Å². The Hall–Kier alpha value is -3.87. The maximum Gasteiger partial charge on any atom is 0.223 e. The molecule has 0 saturated carbocycles. The highest BCUT2D eigenvalue weighted by atomic mass is 16.5. The maximum atomic E-state index is 9.50. The molecule has 0 spiro atoms. The molecule has 2 atom stereocenters. The average molecular weight is 621 g/mol. The minimum absolute atomic E-state index is 0.127. The largest absolute Gasteiger partial charge is 0.475 e. The minimum Gasteiger partial charge on any atom is -0.475 e. The fraction of sp³-hybridized carbons (Fsp3) is 0.541. The van der Waals surface area contributed by atoms with Crippen LogP contribution in [0.1, 0.15) is 53.6 Å². The highest BCUT2D eigenvalue weighted by Crippen LogP contribution is 2.45. The van der Waals surface area contributed by atoms with Crippen LogP contribution in [0.2, 0.25) is 0 Å². The van der Waals surface area contributed by atoms with Crippen molar-refractivity contribution in [2.45, 2.75) is 71.0 Å². The number of nitrogens with one attached hydrogen (secondary N) is 1. The number of benzene rings is 1. The Morgan fingerprint density at radius 2 is 1.89 bits per heavy atom. The molecule has 0 amide bonds. The van der Waals surface area contributed by atoms with E-state index in [1.165, 1.54) is 46.5 Å². The summed E-state index contributed by atoms with van der Waals surface area (Å²) in [4.78, 5) is 20.1. The van der Waals surface area contributed by atoms with E-state index in [-0.39, 0.29) is 6.04 Å². The number of ether oxygens (including phenoxy) is 1. The Balaban J connectivity index is 1.39. The molecule has 46 heavy (non-hydrogen) atoms. The molecule has 0 unspecified atom stereocenters. The second-order valence-corrected chi connectivity index (χ2v) is 13.7. The third kappa shape index (κ3) is 5.78. The van der Waals surface area contributed by atoms with Crippen LogP contribution in [-0.2, 0) is 19.4 Å². The van der Waals surface area contributed by atoms with Gasteiger partial charge in [0.2, 0.25) is 5.88 Å². The van der Waals surface area contributed by atoms with Crippen molar-refractivity contribution in [2.75, 3.05) is 74.7 Å². The zero-order valence-corrected chi connectivity index (χ0v) is 28.0. The summed E-state index contributed by atoms with van der Waals surface area (Å²) < 4.78 is 6.87. The molecule has 0 radical (unpaired) electrons. The van der Waals surface area contributed by atoms with Crippen LogP contribution in [0.3, 0.4) is 0 Å². The molecule has 4 aliphatic heterocycles. The number of para-hydroxylation sites is 1. The number of pyridine rings is 2. The first-order valence-electron chi connectivity index (χ1n) is 17.2. The predicted octanol–water partition coefficient (Wildman–Crippen LogP) is 4.87. The molecular formula is C37H48N8O. The molecule has 2 fully saturated rings. The van der Waals surface area contributed by atoms with Gasteiger partial charge in [-0.15, -0.1) is 0 Å². The molecule has 0 aliphatic carbocycles. The molecule has 9 heteroatoms. The summed E-state index contributed by atoms with van der Waals surface area (Å²) >= 11 is 0. The van der Waals surface area contributed by atoms with Gasteiger partial charge < -0.3 is 29.7 Å². The first-order valence-corrected chi connectivity index (χ1v) is 17.2. The number of rotatable bonds is 7. The van der Waals surface area contributed by atoms with Crippen LogP contribution in [0.5, 0.6) is 5.88 Å². The van der Waals surface area contributed by atoms with Crippen molar-refractivity contribution in [3.8, 4) is 23.1 Å². The van der Waals surface area contributed by atoms with Crippen molar-refractivity contribution in [2.24, 2.45) is 0 Å². The second-order valence-electron chi connectivity index (χ2n) is 13.7. The molecule has 4 aliphatic rings. The topological polar surface area (TPSA) is 83.8 Å². The lowest BCUT2D eigenvalue weighted by atomic mass is 9.88. The lowest BCUT2D eigenvalue weighted by Gasteiger charge is -2.40. The third-order valence-electron chi connectivity index (χ3n) is 10.7. The summed E-state index contributed by atoms with van der Waals surface area (Å²) in [6.45, 7) is 11.3. The number of nitriles is 1. The van der Waals surface area contributed by atoms with E-state index in [0.717, 1.165) is 93.6 Å². The number of nitrogens with zero attached hydrogens (tertiary/aromatic N) is 7. The van der Waals surface area contributed by atoms with E-state index in [2.05, 4.69) is 83.2 Å². The summed E-state index contributed by atoms with van der Waals surface area (Å²) in [5.41, 5.74) is 11.2. The number of fused-ring (bicyclic) bond motifs is 2. The van der Waals surface area contributed by atoms with Crippen LogP contribution in [0.4, 0.5) is 17.2 Å². The third-order valence-corrected chi connectivity index (χ3v) is 10.7. The maximum absolute atomic E-state index is 9.50. The number of hydrogen-bond donors (Lipinski definition) is 1. The number of aromatic nitrogens is 2. The summed E-state index contributed by atoms with van der Waals surface area (Å²) in [7, 11) is 4.44. The molecule has 1 N–H and O–H groups in total. The van der Waals surface area contributed by atoms with E-state index in [4.69, 9.17) is 14.7 Å². The van der Waals surface area contributed by atoms with Gasteiger partial charge in [0.1, 0.15) is 12.4 Å². The molecule has 3 aromatic rings. The van der Waals surface area contributed by atoms with Gasteiger partial charge in [0.15, 0.2) is 0 Å². The van der Waals surface area contributed by atoms with Crippen molar-refractivity contribution in [3.63, 3.8) is 0 Å². The Morgan fingerprint density at radius 1 is 1.00 bits per heavy atom. The van der Waals surface area contributed by atoms with Gasteiger partial charge in [-0.05, 0) is 88.4 Å². The highest BCUT2D eigenvalue weighted by molar-refractivity contribution is 5.82. The number of likely N-dealkylation sites (tertiary alicyclic amines) is 1. The Morgan fingerprint density at radius 3 is 2.70 bits per heavy atom. The van der Waals surface area contributed by atoms with Crippen molar-refractivity contribution in [1.82, 2.24) is 20.2 Å². The molecule has 6 heterocycles. The van der Waals surface area contributed by atoms with Crippen molar-refractivity contribution in [3.05, 3.63) is 58.4 Å². The van der Waals surface area contributed by atoms with Gasteiger partial charge in [-0.3, -0.25) is 4.98 Å². The van der Waals surface area contributed by atoms with Gasteiger partial charge in [-0.25, -0.2) is 0 Å². The fourth-order valence-electron chi connectivity index (χ4n) is 8.21. The van der Waals surface area contributed by atoms with Gasteiger partial charge in [-0.2, -0.15) is 10.2 Å². The quantitative estimate of drug-likeness (QED) is 0.398. The van der Waals surface area contributed by atoms with Crippen molar-refractivity contribution < 1.29 is 4.74 Å². The predicted molar refractivity (Wildman–Crippen MR) is 185 cm³/mol. The van der Waals surface area contributed by atoms with Crippen LogP contribution in [0, 0.1) is 25.2 Å². The second kappa shape index (κ2) is 13.1. The average Bonchev–Trinajstić information content (AvgIpc) is 3.48. The van der Waals surface area contributed by atoms with E-state index in [1.54, 1.807) is 0 Å². The van der Waals surface area contributed by atoms with Gasteiger partial charge in [0.25, 0.3) is 0 Å². The summed E-state index contributed by atoms with van der Waals surface area (Å²) in [5.74, 6) is 1.75. The molecule has 2 saturated heterocycles. The van der Waals surface area contributed by atoms with Crippen LogP contribution in [-0.4, -0.2) is 86.9 Å². The van der Waals surface area contributed by atoms with E-state index in [1.807, 2.05) is 6.20 Å². The van der Waals surface area contributed by atoms with Crippen LogP contribution < -0.4 is 24.8 Å². The van der Waals surface area contributed by atoms with Gasteiger partial charge in [0, 0.05) is 81.4 Å². The lowest BCUT2D eigenvalue weighted by Crippen LogP contribution is -2.51. The van der Waals surface area contributed by atoms with Crippen molar-refractivity contribution in [1.29, 1.82) is 5.26 Å². The number of anilines is 3. The van der Waals surface area contributed by atoms with Crippen LogP contribution >= 0.6 is 0 Å². The van der Waals surface area contributed by atoms with E-state index >= 15 is 0 Å². The summed E-state index contributed by atoms with van der Waals surface area (Å²) in [5, 5.41) is 13.0. The minimum atomic E-state index is 0.127. The highest BCUT2D eigenvalue weighted by Gasteiger charge is 2.34. The van der Waals surface area contributed by atoms with Crippen LogP contribution in [0.15, 0.2) is 30.5 Å². The molecule has 2 aromatic heterocycles. The summed E-state index contributed by atoms with van der Waals surface area (Å²) in [6, 6.07) is 11.8. The summed E-state index contributed by atoms with van der Waals surface area (Å²) in [6.07, 6.45) is 7.96. The smallest absolute Gasteiger partial charge is 0.223 e. The Bertz CT molecular complexity index is 1610. The van der Waals surface area contributed by atoms with E-state index in [9.17, 15) is 5.26 Å². The van der Waals surface area contributed by atoms with Gasteiger partial charge in [0.05, 0.1) is 29.4 Å². The Kier molecular flexibility index (Phi) is 8.76. The lowest BCUT2D eigenvalue weighted by molar-refractivity contribution is 0.194. The molecule has 7 rings (SSSR count). The normalized spacial score (nSPS) is 21.6.